The first-order valence-corrected chi connectivity index (χ1v) is 9.41. The van der Waals surface area contributed by atoms with Crippen molar-refractivity contribution in [1.82, 2.24) is 0 Å². The Morgan fingerprint density at radius 3 is 2.04 bits per heavy atom. The zero-order chi connectivity index (χ0) is 20.5. The number of carbonyl (C=O) groups excluding carboxylic acids is 2. The van der Waals surface area contributed by atoms with E-state index in [-0.39, 0.29) is 18.2 Å². The predicted octanol–water partition coefficient (Wildman–Crippen LogP) is 3.79. The Hall–Kier alpha value is -3.33. The second-order valence-electron chi connectivity index (χ2n) is 6.35. The first-order valence-electron chi connectivity index (χ1n) is 9.41. The van der Waals surface area contributed by atoms with Gasteiger partial charge in [-0.3, -0.25) is 9.59 Å². The summed E-state index contributed by atoms with van der Waals surface area (Å²) in [5.74, 6) is -0.294. The summed E-state index contributed by atoms with van der Waals surface area (Å²) in [7, 11) is 0. The molecular weight excluding hydrogens is 352 g/mol. The van der Waals surface area contributed by atoms with Crippen LogP contribution in [-0.2, 0) is 9.59 Å². The minimum absolute atomic E-state index is 0.109. The number of rotatable bonds is 8. The van der Waals surface area contributed by atoms with Crippen LogP contribution in [0.25, 0.3) is 0 Å². The van der Waals surface area contributed by atoms with Crippen molar-refractivity contribution in [1.29, 1.82) is 5.26 Å². The lowest BCUT2D eigenvalue weighted by Crippen LogP contribution is -2.32. The topological polar surface area (TPSA) is 76.4 Å². The van der Waals surface area contributed by atoms with E-state index in [1.54, 1.807) is 29.2 Å². The van der Waals surface area contributed by atoms with Crippen LogP contribution in [0.5, 0.6) is 0 Å². The number of carbonyl (C=O) groups is 2. The fourth-order valence-electron chi connectivity index (χ4n) is 2.97. The van der Waals surface area contributed by atoms with Gasteiger partial charge < -0.3 is 15.1 Å². The monoisotopic (exact) mass is 378 g/mol. The van der Waals surface area contributed by atoms with E-state index < -0.39 is 0 Å². The van der Waals surface area contributed by atoms with Crippen molar-refractivity contribution in [3.8, 4) is 6.07 Å². The molecule has 0 heterocycles. The van der Waals surface area contributed by atoms with E-state index >= 15 is 0 Å². The van der Waals surface area contributed by atoms with Gasteiger partial charge in [-0.05, 0) is 62.4 Å². The highest BCUT2D eigenvalue weighted by molar-refractivity contribution is 5.94. The minimum atomic E-state index is -0.185. The summed E-state index contributed by atoms with van der Waals surface area (Å²) >= 11 is 0. The average Bonchev–Trinajstić information content (AvgIpc) is 2.70. The molecule has 0 fully saturated rings. The molecule has 0 radical (unpaired) electrons. The number of benzene rings is 2. The predicted molar refractivity (Wildman–Crippen MR) is 112 cm³/mol. The smallest absolute Gasteiger partial charge is 0.226 e. The van der Waals surface area contributed by atoms with E-state index in [1.807, 2.05) is 30.3 Å². The maximum Gasteiger partial charge on any atom is 0.226 e. The maximum atomic E-state index is 12.2. The van der Waals surface area contributed by atoms with Gasteiger partial charge >= 0.3 is 0 Å². The molecule has 0 aliphatic carbocycles. The Labute approximate surface area is 166 Å². The van der Waals surface area contributed by atoms with E-state index in [2.05, 4.69) is 24.1 Å². The molecule has 0 aromatic heterocycles. The Bertz CT molecular complexity index is 834. The summed E-state index contributed by atoms with van der Waals surface area (Å²) in [5, 5.41) is 11.6. The highest BCUT2D eigenvalue weighted by Gasteiger charge is 2.14. The highest BCUT2D eigenvalue weighted by Crippen LogP contribution is 2.21. The highest BCUT2D eigenvalue weighted by atomic mass is 16.2. The number of nitrogens with zero attached hydrogens (tertiary/aromatic N) is 3. The Morgan fingerprint density at radius 2 is 1.54 bits per heavy atom. The van der Waals surface area contributed by atoms with Crippen LogP contribution in [-0.4, -0.2) is 31.4 Å². The van der Waals surface area contributed by atoms with Crippen molar-refractivity contribution in [3.63, 3.8) is 0 Å². The molecule has 2 amide bonds. The van der Waals surface area contributed by atoms with Crippen LogP contribution in [0.3, 0.4) is 0 Å². The molecule has 2 aromatic rings. The molecule has 146 valence electrons. The number of hydrogen-bond donors (Lipinski definition) is 1. The van der Waals surface area contributed by atoms with Gasteiger partial charge in [0, 0.05) is 50.0 Å². The molecule has 0 unspecified atom stereocenters. The van der Waals surface area contributed by atoms with Crippen LogP contribution in [0.15, 0.2) is 48.5 Å². The lowest BCUT2D eigenvalue weighted by atomic mass is 10.2. The molecule has 1 N–H and O–H groups in total. The summed E-state index contributed by atoms with van der Waals surface area (Å²) < 4.78 is 0. The van der Waals surface area contributed by atoms with Crippen molar-refractivity contribution in [2.45, 2.75) is 27.2 Å². The van der Waals surface area contributed by atoms with Crippen molar-refractivity contribution in [2.24, 2.45) is 0 Å². The first kappa shape index (κ1) is 21.0. The fourth-order valence-corrected chi connectivity index (χ4v) is 2.97. The lowest BCUT2D eigenvalue weighted by Gasteiger charge is -2.24. The van der Waals surface area contributed by atoms with Crippen molar-refractivity contribution < 1.29 is 9.59 Å². The van der Waals surface area contributed by atoms with E-state index in [9.17, 15) is 9.59 Å². The van der Waals surface area contributed by atoms with Crippen LogP contribution in [0.4, 0.5) is 17.1 Å². The zero-order valence-electron chi connectivity index (χ0n) is 16.6. The zero-order valence-corrected chi connectivity index (χ0v) is 16.6. The third kappa shape index (κ3) is 5.58. The van der Waals surface area contributed by atoms with Gasteiger partial charge in [-0.15, -0.1) is 0 Å². The van der Waals surface area contributed by atoms with Gasteiger partial charge in [0.05, 0.1) is 11.6 Å². The van der Waals surface area contributed by atoms with Crippen LogP contribution in [0, 0.1) is 11.3 Å². The van der Waals surface area contributed by atoms with Gasteiger partial charge in [0.2, 0.25) is 11.8 Å². The van der Waals surface area contributed by atoms with E-state index in [1.165, 1.54) is 6.92 Å². The molecule has 6 heteroatoms. The summed E-state index contributed by atoms with van der Waals surface area (Å²) in [4.78, 5) is 28.1. The molecule has 2 aromatic carbocycles. The van der Waals surface area contributed by atoms with Crippen molar-refractivity contribution >= 4 is 28.9 Å². The van der Waals surface area contributed by atoms with E-state index in [0.717, 1.165) is 24.5 Å². The van der Waals surface area contributed by atoms with Gasteiger partial charge in [-0.25, -0.2) is 0 Å². The number of nitriles is 1. The molecule has 2 rings (SSSR count). The summed E-state index contributed by atoms with van der Waals surface area (Å²) in [6, 6.07) is 16.5. The maximum absolute atomic E-state index is 12.2. The SMILES string of the molecule is CCN(CC)c1ccc(N(CCC(=O)Nc2ccc(C#N)cc2)C(C)=O)cc1. The molecule has 0 bridgehead atoms. The summed E-state index contributed by atoms with van der Waals surface area (Å²) in [6.45, 7) is 7.83. The molecule has 0 atom stereocenters. The van der Waals surface area contributed by atoms with Crippen molar-refractivity contribution in [2.75, 3.05) is 34.8 Å². The minimum Gasteiger partial charge on any atom is -0.372 e. The molecule has 0 spiro atoms. The second-order valence-corrected chi connectivity index (χ2v) is 6.35. The van der Waals surface area contributed by atoms with Crippen LogP contribution in [0.1, 0.15) is 32.8 Å². The van der Waals surface area contributed by atoms with E-state index in [0.29, 0.717) is 17.8 Å². The number of anilines is 3. The van der Waals surface area contributed by atoms with Crippen LogP contribution in [0.2, 0.25) is 0 Å². The normalized spacial score (nSPS) is 10.1. The first-order chi connectivity index (χ1) is 13.5. The standard InChI is InChI=1S/C22H26N4O2/c1-4-25(5-2)20-10-12-21(13-11-20)26(17(3)27)15-14-22(28)24-19-8-6-18(16-23)7-9-19/h6-13H,4-5,14-15H2,1-3H3,(H,24,28). The molecule has 0 aliphatic heterocycles. The Morgan fingerprint density at radius 1 is 0.964 bits per heavy atom. The Balaban J connectivity index is 1.99. The third-order valence-electron chi connectivity index (χ3n) is 4.53. The van der Waals surface area contributed by atoms with Gasteiger partial charge in [0.15, 0.2) is 0 Å². The van der Waals surface area contributed by atoms with E-state index in [4.69, 9.17) is 5.26 Å². The Kier molecular flexibility index (Phi) is 7.58. The molecule has 6 nitrogen and oxygen atoms in total. The number of amides is 2. The summed E-state index contributed by atoms with van der Waals surface area (Å²) in [5.41, 5.74) is 3.04. The second kappa shape index (κ2) is 10.1. The molecule has 0 saturated heterocycles. The number of nitrogens with one attached hydrogen (secondary N) is 1. The van der Waals surface area contributed by atoms with Gasteiger partial charge in [-0.2, -0.15) is 5.26 Å². The molecule has 28 heavy (non-hydrogen) atoms. The number of hydrogen-bond acceptors (Lipinski definition) is 4. The van der Waals surface area contributed by atoms with Crippen molar-refractivity contribution in [3.05, 3.63) is 54.1 Å². The lowest BCUT2D eigenvalue weighted by molar-refractivity contribution is -0.117. The van der Waals surface area contributed by atoms with Crippen LogP contribution < -0.4 is 15.1 Å². The van der Waals surface area contributed by atoms with Gasteiger partial charge in [0.25, 0.3) is 0 Å². The summed E-state index contributed by atoms with van der Waals surface area (Å²) in [6.07, 6.45) is 0.178. The van der Waals surface area contributed by atoms with Gasteiger partial charge in [-0.1, -0.05) is 0 Å². The molecule has 0 aliphatic rings. The quantitative estimate of drug-likeness (QED) is 0.758. The third-order valence-corrected chi connectivity index (χ3v) is 4.53. The fraction of sp³-hybridized carbons (Fsp3) is 0.318. The van der Waals surface area contributed by atoms with Crippen LogP contribution >= 0.6 is 0 Å². The largest absolute Gasteiger partial charge is 0.372 e. The average molecular weight is 378 g/mol. The molecule has 0 saturated carbocycles. The molecular formula is C22H26N4O2. The van der Waals surface area contributed by atoms with Gasteiger partial charge in [0.1, 0.15) is 0 Å².